The lowest BCUT2D eigenvalue weighted by Crippen LogP contribution is -2.41. The number of nitrogens with zero attached hydrogens (tertiary/aromatic N) is 1. The molecular formula is C12H16BrNO3. The van der Waals surface area contributed by atoms with Crippen molar-refractivity contribution in [3.05, 3.63) is 22.1 Å². The molecule has 1 aromatic rings. The van der Waals surface area contributed by atoms with Gasteiger partial charge in [0.1, 0.15) is 0 Å². The maximum Gasteiger partial charge on any atom is 0.289 e. The van der Waals surface area contributed by atoms with Crippen molar-refractivity contribution in [1.29, 1.82) is 0 Å². The van der Waals surface area contributed by atoms with Crippen LogP contribution >= 0.6 is 15.9 Å². The predicted octanol–water partition coefficient (Wildman–Crippen LogP) is 2.20. The van der Waals surface area contributed by atoms with Gasteiger partial charge in [0, 0.05) is 25.3 Å². The highest BCUT2D eigenvalue weighted by molar-refractivity contribution is 9.10. The van der Waals surface area contributed by atoms with E-state index in [4.69, 9.17) is 9.52 Å². The summed E-state index contributed by atoms with van der Waals surface area (Å²) in [6.45, 7) is 3.36. The molecule has 1 atom stereocenters. The van der Waals surface area contributed by atoms with Crippen molar-refractivity contribution in [2.45, 2.75) is 19.8 Å². The van der Waals surface area contributed by atoms with Crippen molar-refractivity contribution in [3.63, 3.8) is 0 Å². The number of carbonyl (C=O) groups excluding carboxylic acids is 1. The first kappa shape index (κ1) is 12.6. The maximum atomic E-state index is 12.2. The monoisotopic (exact) mass is 301 g/mol. The first-order chi connectivity index (χ1) is 8.11. The molecule has 0 aromatic carbocycles. The minimum Gasteiger partial charge on any atom is -0.444 e. The van der Waals surface area contributed by atoms with Crippen molar-refractivity contribution in [2.75, 3.05) is 19.7 Å². The van der Waals surface area contributed by atoms with Gasteiger partial charge < -0.3 is 14.4 Å². The van der Waals surface area contributed by atoms with Gasteiger partial charge in [0.15, 0.2) is 10.4 Å². The Balaban J connectivity index is 2.12. The molecule has 94 valence electrons. The Hall–Kier alpha value is -0.810. The van der Waals surface area contributed by atoms with Crippen LogP contribution in [-0.2, 0) is 0 Å². The number of hydrogen-bond acceptors (Lipinski definition) is 3. The largest absolute Gasteiger partial charge is 0.444 e. The summed E-state index contributed by atoms with van der Waals surface area (Å²) in [7, 11) is 0. The lowest BCUT2D eigenvalue weighted by Gasteiger charge is -2.31. The number of aryl methyl sites for hydroxylation is 1. The van der Waals surface area contributed by atoms with E-state index in [1.54, 1.807) is 11.0 Å². The summed E-state index contributed by atoms with van der Waals surface area (Å²) in [4.78, 5) is 14.0. The van der Waals surface area contributed by atoms with E-state index >= 15 is 0 Å². The normalized spacial score (nSPS) is 20.6. The van der Waals surface area contributed by atoms with Gasteiger partial charge in [-0.1, -0.05) is 0 Å². The number of rotatable bonds is 2. The third-order valence-electron chi connectivity index (χ3n) is 3.15. The number of piperidine rings is 1. The molecule has 4 nitrogen and oxygen atoms in total. The summed E-state index contributed by atoms with van der Waals surface area (Å²) >= 11 is 3.22. The molecule has 1 aromatic heterocycles. The van der Waals surface area contributed by atoms with E-state index in [0.717, 1.165) is 24.9 Å². The molecule has 1 fully saturated rings. The van der Waals surface area contributed by atoms with Crippen molar-refractivity contribution >= 4 is 21.8 Å². The molecule has 1 aliphatic rings. The van der Waals surface area contributed by atoms with Gasteiger partial charge >= 0.3 is 0 Å². The molecule has 2 heterocycles. The molecule has 1 unspecified atom stereocenters. The first-order valence-corrected chi connectivity index (χ1v) is 6.57. The molecule has 1 aliphatic heterocycles. The van der Waals surface area contributed by atoms with Crippen molar-refractivity contribution in [3.8, 4) is 0 Å². The minimum absolute atomic E-state index is 0.0775. The van der Waals surface area contributed by atoms with Crippen LogP contribution in [0.4, 0.5) is 0 Å². The van der Waals surface area contributed by atoms with Gasteiger partial charge in [-0.3, -0.25) is 4.79 Å². The van der Waals surface area contributed by atoms with Crippen molar-refractivity contribution in [1.82, 2.24) is 4.90 Å². The predicted molar refractivity (Wildman–Crippen MR) is 66.9 cm³/mol. The Morgan fingerprint density at radius 3 is 3.06 bits per heavy atom. The molecule has 1 amide bonds. The highest BCUT2D eigenvalue weighted by Crippen LogP contribution is 2.23. The van der Waals surface area contributed by atoms with Crippen LogP contribution < -0.4 is 0 Å². The second-order valence-corrected chi connectivity index (χ2v) is 5.29. The Kier molecular flexibility index (Phi) is 3.89. The van der Waals surface area contributed by atoms with Gasteiger partial charge in [-0.15, -0.1) is 0 Å². The van der Waals surface area contributed by atoms with E-state index < -0.39 is 0 Å². The molecular weight excluding hydrogens is 286 g/mol. The third-order valence-corrected chi connectivity index (χ3v) is 3.54. The summed E-state index contributed by atoms with van der Waals surface area (Å²) in [6, 6.07) is 1.79. The third kappa shape index (κ3) is 2.72. The molecule has 0 aliphatic carbocycles. The van der Waals surface area contributed by atoms with Gasteiger partial charge in [0.05, 0.1) is 0 Å². The smallest absolute Gasteiger partial charge is 0.289 e. The zero-order valence-corrected chi connectivity index (χ0v) is 11.4. The van der Waals surface area contributed by atoms with E-state index in [0.29, 0.717) is 17.0 Å². The number of furan rings is 1. The van der Waals surface area contributed by atoms with Gasteiger partial charge in [-0.2, -0.15) is 0 Å². The number of likely N-dealkylation sites (tertiary alicyclic amines) is 1. The molecule has 0 spiro atoms. The number of halogens is 1. The lowest BCUT2D eigenvalue weighted by atomic mass is 9.99. The van der Waals surface area contributed by atoms with Crippen LogP contribution in [0, 0.1) is 12.8 Å². The van der Waals surface area contributed by atoms with Crippen LogP contribution in [0.3, 0.4) is 0 Å². The highest BCUT2D eigenvalue weighted by atomic mass is 79.9. The standard InChI is InChI=1S/C12H16BrNO3/c1-8-5-10(13)17-11(8)12(16)14-4-2-3-9(6-14)7-15/h5,9,15H,2-4,6-7H2,1H3. The van der Waals surface area contributed by atoms with Crippen molar-refractivity contribution in [2.24, 2.45) is 5.92 Å². The number of amides is 1. The van der Waals surface area contributed by atoms with Crippen LogP contribution in [0.2, 0.25) is 0 Å². The summed E-state index contributed by atoms with van der Waals surface area (Å²) in [6.07, 6.45) is 1.93. The lowest BCUT2D eigenvalue weighted by molar-refractivity contribution is 0.0588. The van der Waals surface area contributed by atoms with Crippen LogP contribution in [0.25, 0.3) is 0 Å². The van der Waals surface area contributed by atoms with Crippen molar-refractivity contribution < 1.29 is 14.3 Å². The Labute approximate surface area is 109 Å². The molecule has 17 heavy (non-hydrogen) atoms. The Bertz CT molecular complexity index is 416. The minimum atomic E-state index is -0.0775. The van der Waals surface area contributed by atoms with Crippen LogP contribution in [0.15, 0.2) is 15.2 Å². The van der Waals surface area contributed by atoms with E-state index in [9.17, 15) is 4.79 Å². The average molecular weight is 302 g/mol. The van der Waals surface area contributed by atoms with Gasteiger partial charge in [-0.25, -0.2) is 0 Å². The maximum absolute atomic E-state index is 12.2. The number of hydrogen-bond donors (Lipinski definition) is 1. The van der Waals surface area contributed by atoms with Crippen LogP contribution in [0.5, 0.6) is 0 Å². The van der Waals surface area contributed by atoms with E-state index in [-0.39, 0.29) is 18.4 Å². The second-order valence-electron chi connectivity index (χ2n) is 4.50. The zero-order valence-electron chi connectivity index (χ0n) is 9.78. The molecule has 1 saturated heterocycles. The molecule has 5 heteroatoms. The second kappa shape index (κ2) is 5.23. The molecule has 0 saturated carbocycles. The Morgan fingerprint density at radius 2 is 2.47 bits per heavy atom. The Morgan fingerprint density at radius 1 is 1.71 bits per heavy atom. The SMILES string of the molecule is Cc1cc(Br)oc1C(=O)N1CCCC(CO)C1. The quantitative estimate of drug-likeness (QED) is 0.911. The van der Waals surface area contributed by atoms with Gasteiger partial charge in [0.25, 0.3) is 5.91 Å². The summed E-state index contributed by atoms with van der Waals surface area (Å²) in [5.74, 6) is 0.522. The fraction of sp³-hybridized carbons (Fsp3) is 0.583. The molecule has 0 radical (unpaired) electrons. The fourth-order valence-electron chi connectivity index (χ4n) is 2.20. The summed E-state index contributed by atoms with van der Waals surface area (Å²) in [5, 5.41) is 9.15. The molecule has 0 bridgehead atoms. The first-order valence-electron chi connectivity index (χ1n) is 5.78. The van der Waals surface area contributed by atoms with E-state index in [2.05, 4.69) is 15.9 Å². The molecule has 1 N–H and O–H groups in total. The van der Waals surface area contributed by atoms with Crippen LogP contribution in [-0.4, -0.2) is 35.6 Å². The zero-order chi connectivity index (χ0) is 12.4. The number of aliphatic hydroxyl groups is 1. The summed E-state index contributed by atoms with van der Waals surface area (Å²) < 4.78 is 5.94. The highest BCUT2D eigenvalue weighted by Gasteiger charge is 2.27. The average Bonchev–Trinajstić information content (AvgIpc) is 2.67. The number of carbonyl (C=O) groups is 1. The fourth-order valence-corrected chi connectivity index (χ4v) is 2.70. The van der Waals surface area contributed by atoms with Gasteiger partial charge in [0.2, 0.25) is 0 Å². The van der Waals surface area contributed by atoms with E-state index in [1.165, 1.54) is 0 Å². The van der Waals surface area contributed by atoms with Gasteiger partial charge in [-0.05, 0) is 47.7 Å². The summed E-state index contributed by atoms with van der Waals surface area (Å²) in [5.41, 5.74) is 0.841. The number of aliphatic hydroxyl groups excluding tert-OH is 1. The topological polar surface area (TPSA) is 53.7 Å². The van der Waals surface area contributed by atoms with E-state index in [1.807, 2.05) is 6.92 Å². The van der Waals surface area contributed by atoms with Crippen LogP contribution in [0.1, 0.15) is 29.0 Å². The molecule has 2 rings (SSSR count).